The van der Waals surface area contributed by atoms with Gasteiger partial charge >= 0.3 is 5.97 Å². The molecule has 2 aliphatic carbocycles. The lowest BCUT2D eigenvalue weighted by molar-refractivity contribution is -0.146. The molecule has 3 heteroatoms. The molecule has 1 N–H and O–H groups in total. The van der Waals surface area contributed by atoms with Crippen LogP contribution in [0.2, 0.25) is 0 Å². The summed E-state index contributed by atoms with van der Waals surface area (Å²) >= 11 is 0. The number of aliphatic carboxylic acids is 1. The van der Waals surface area contributed by atoms with Crippen molar-refractivity contribution >= 4 is 5.97 Å². The van der Waals surface area contributed by atoms with Gasteiger partial charge in [-0.25, -0.2) is 0 Å². The molecule has 3 aliphatic rings. The first-order valence-corrected chi connectivity index (χ1v) is 8.76. The molecule has 0 aromatic heterocycles. The number of carboxylic acid groups (broad SMARTS) is 1. The van der Waals surface area contributed by atoms with Crippen LogP contribution >= 0.6 is 0 Å². The number of fused-ring (bicyclic) bond motifs is 1. The maximum absolute atomic E-state index is 11.7. The standard InChI is InChI=1S/C17H29NO2/c19-17(20)14-9-2-1-3-11-16(14)18-12-6-8-13-7-4-5-10-15(13)18/h13-16H,1-12H2,(H,19,20). The molecule has 3 nitrogen and oxygen atoms in total. The Balaban J connectivity index is 1.78. The second kappa shape index (κ2) is 6.46. The molecule has 114 valence electrons. The number of piperidine rings is 1. The van der Waals surface area contributed by atoms with Gasteiger partial charge in [0.25, 0.3) is 0 Å². The molecular weight excluding hydrogens is 250 g/mol. The Morgan fingerprint density at radius 1 is 0.800 bits per heavy atom. The molecule has 4 atom stereocenters. The number of likely N-dealkylation sites (tertiary alicyclic amines) is 1. The predicted molar refractivity (Wildman–Crippen MR) is 79.7 cm³/mol. The minimum Gasteiger partial charge on any atom is -0.481 e. The van der Waals surface area contributed by atoms with E-state index in [0.717, 1.165) is 31.7 Å². The molecule has 0 aromatic rings. The van der Waals surface area contributed by atoms with E-state index in [9.17, 15) is 9.90 Å². The van der Waals surface area contributed by atoms with Crippen molar-refractivity contribution in [3.63, 3.8) is 0 Å². The van der Waals surface area contributed by atoms with Crippen LogP contribution in [0.4, 0.5) is 0 Å². The van der Waals surface area contributed by atoms with Crippen molar-refractivity contribution in [1.29, 1.82) is 0 Å². The van der Waals surface area contributed by atoms with Crippen LogP contribution in [-0.4, -0.2) is 34.6 Å². The maximum Gasteiger partial charge on any atom is 0.308 e. The first-order valence-electron chi connectivity index (χ1n) is 8.76. The number of nitrogens with zero attached hydrogens (tertiary/aromatic N) is 1. The molecule has 2 saturated carbocycles. The van der Waals surface area contributed by atoms with Crippen molar-refractivity contribution in [2.24, 2.45) is 11.8 Å². The van der Waals surface area contributed by atoms with Gasteiger partial charge in [-0.1, -0.05) is 32.1 Å². The highest BCUT2D eigenvalue weighted by Gasteiger charge is 2.41. The molecule has 20 heavy (non-hydrogen) atoms. The second-order valence-corrected chi connectivity index (χ2v) is 7.14. The van der Waals surface area contributed by atoms with Crippen molar-refractivity contribution in [1.82, 2.24) is 4.90 Å². The fourth-order valence-corrected chi connectivity index (χ4v) is 5.05. The highest BCUT2D eigenvalue weighted by molar-refractivity contribution is 5.71. The Morgan fingerprint density at radius 2 is 1.45 bits per heavy atom. The third kappa shape index (κ3) is 2.88. The van der Waals surface area contributed by atoms with Crippen molar-refractivity contribution in [3.8, 4) is 0 Å². The number of carbonyl (C=O) groups is 1. The van der Waals surface area contributed by atoms with Gasteiger partial charge in [-0.15, -0.1) is 0 Å². The smallest absolute Gasteiger partial charge is 0.308 e. The van der Waals surface area contributed by atoms with Crippen LogP contribution in [-0.2, 0) is 4.79 Å². The van der Waals surface area contributed by atoms with Gasteiger partial charge in [0.15, 0.2) is 0 Å². The number of hydrogen-bond donors (Lipinski definition) is 1. The molecule has 1 saturated heterocycles. The molecule has 0 spiro atoms. The van der Waals surface area contributed by atoms with Crippen LogP contribution in [0.15, 0.2) is 0 Å². The van der Waals surface area contributed by atoms with Crippen LogP contribution < -0.4 is 0 Å². The minimum atomic E-state index is -0.546. The summed E-state index contributed by atoms with van der Waals surface area (Å²) in [5.41, 5.74) is 0. The van der Waals surface area contributed by atoms with Gasteiger partial charge in [-0.05, 0) is 51.0 Å². The van der Waals surface area contributed by atoms with Crippen molar-refractivity contribution in [2.45, 2.75) is 82.7 Å². The van der Waals surface area contributed by atoms with Gasteiger partial charge in [0.05, 0.1) is 5.92 Å². The molecule has 0 aromatic carbocycles. The molecule has 3 rings (SSSR count). The monoisotopic (exact) mass is 279 g/mol. The highest BCUT2D eigenvalue weighted by Crippen LogP contribution is 2.39. The van der Waals surface area contributed by atoms with E-state index < -0.39 is 5.97 Å². The number of hydrogen-bond acceptors (Lipinski definition) is 2. The molecule has 0 bridgehead atoms. The van der Waals surface area contributed by atoms with E-state index in [0.29, 0.717) is 12.1 Å². The molecule has 0 amide bonds. The van der Waals surface area contributed by atoms with Gasteiger partial charge < -0.3 is 5.11 Å². The molecule has 4 unspecified atom stereocenters. The molecule has 1 heterocycles. The number of rotatable bonds is 2. The first kappa shape index (κ1) is 14.4. The molecular formula is C17H29NO2. The quantitative estimate of drug-likeness (QED) is 0.784. The summed E-state index contributed by atoms with van der Waals surface area (Å²) in [6, 6.07) is 1.02. The summed E-state index contributed by atoms with van der Waals surface area (Å²) in [4.78, 5) is 14.3. The third-order valence-corrected chi connectivity index (χ3v) is 6.01. The summed E-state index contributed by atoms with van der Waals surface area (Å²) in [6.07, 6.45) is 13.7. The zero-order chi connectivity index (χ0) is 13.9. The van der Waals surface area contributed by atoms with E-state index in [1.165, 1.54) is 51.4 Å². The van der Waals surface area contributed by atoms with E-state index in [4.69, 9.17) is 0 Å². The third-order valence-electron chi connectivity index (χ3n) is 6.01. The average molecular weight is 279 g/mol. The van der Waals surface area contributed by atoms with Gasteiger partial charge in [-0.3, -0.25) is 9.69 Å². The van der Waals surface area contributed by atoms with E-state index in [1.807, 2.05) is 0 Å². The van der Waals surface area contributed by atoms with Crippen molar-refractivity contribution in [3.05, 3.63) is 0 Å². The largest absolute Gasteiger partial charge is 0.481 e. The van der Waals surface area contributed by atoms with Crippen LogP contribution in [0, 0.1) is 11.8 Å². The van der Waals surface area contributed by atoms with Crippen LogP contribution in [0.1, 0.15) is 70.6 Å². The lowest BCUT2D eigenvalue weighted by Gasteiger charge is -2.49. The summed E-state index contributed by atoms with van der Waals surface area (Å²) in [6.45, 7) is 1.15. The Bertz CT molecular complexity index is 342. The van der Waals surface area contributed by atoms with Gasteiger partial charge in [0.1, 0.15) is 0 Å². The van der Waals surface area contributed by atoms with Crippen LogP contribution in [0.5, 0.6) is 0 Å². The lowest BCUT2D eigenvalue weighted by atomic mass is 9.76. The Kier molecular flexibility index (Phi) is 4.65. The van der Waals surface area contributed by atoms with Crippen LogP contribution in [0.25, 0.3) is 0 Å². The van der Waals surface area contributed by atoms with Gasteiger partial charge in [-0.2, -0.15) is 0 Å². The minimum absolute atomic E-state index is 0.113. The normalized spacial score (nSPS) is 39.8. The van der Waals surface area contributed by atoms with Crippen molar-refractivity contribution in [2.75, 3.05) is 6.54 Å². The molecule has 1 aliphatic heterocycles. The Labute approximate surface area is 122 Å². The first-order chi connectivity index (χ1) is 9.77. The summed E-state index contributed by atoms with van der Waals surface area (Å²) in [5.74, 6) is 0.197. The zero-order valence-electron chi connectivity index (χ0n) is 12.6. The Morgan fingerprint density at radius 3 is 2.30 bits per heavy atom. The van der Waals surface area contributed by atoms with E-state index in [2.05, 4.69) is 4.90 Å². The number of carboxylic acids is 1. The lowest BCUT2D eigenvalue weighted by Crippen LogP contribution is -2.54. The van der Waals surface area contributed by atoms with E-state index >= 15 is 0 Å². The second-order valence-electron chi connectivity index (χ2n) is 7.14. The fraction of sp³-hybridized carbons (Fsp3) is 0.941. The summed E-state index contributed by atoms with van der Waals surface area (Å²) < 4.78 is 0. The fourth-order valence-electron chi connectivity index (χ4n) is 5.05. The molecule has 3 fully saturated rings. The van der Waals surface area contributed by atoms with Crippen molar-refractivity contribution < 1.29 is 9.90 Å². The Hall–Kier alpha value is -0.570. The van der Waals surface area contributed by atoms with Crippen LogP contribution in [0.3, 0.4) is 0 Å². The zero-order valence-corrected chi connectivity index (χ0v) is 12.6. The van der Waals surface area contributed by atoms with E-state index in [-0.39, 0.29) is 5.92 Å². The summed E-state index contributed by atoms with van der Waals surface area (Å²) in [7, 11) is 0. The van der Waals surface area contributed by atoms with Gasteiger partial charge in [0.2, 0.25) is 0 Å². The highest BCUT2D eigenvalue weighted by atomic mass is 16.4. The summed E-state index contributed by atoms with van der Waals surface area (Å²) in [5, 5.41) is 9.63. The molecule has 0 radical (unpaired) electrons. The topological polar surface area (TPSA) is 40.5 Å². The maximum atomic E-state index is 11.7. The SMILES string of the molecule is O=C(O)C1CCCCCC1N1CCCC2CCCCC21. The van der Waals surface area contributed by atoms with E-state index in [1.54, 1.807) is 0 Å². The predicted octanol–water partition coefficient (Wildman–Crippen LogP) is 3.67. The van der Waals surface area contributed by atoms with Gasteiger partial charge in [0, 0.05) is 12.1 Å². The average Bonchev–Trinajstić information content (AvgIpc) is 2.72.